The molecular formula is C24H24FN5O2. The molecule has 1 aromatic heterocycles. The van der Waals surface area contributed by atoms with Crippen LogP contribution in [0.1, 0.15) is 5.56 Å². The number of nitrogens with two attached hydrogens (primary N) is 1. The van der Waals surface area contributed by atoms with Crippen LogP contribution >= 0.6 is 0 Å². The molecule has 0 aliphatic heterocycles. The second-order valence-corrected chi connectivity index (χ2v) is 7.44. The van der Waals surface area contributed by atoms with Gasteiger partial charge in [-0.05, 0) is 53.9 Å². The molecule has 0 radical (unpaired) electrons. The maximum absolute atomic E-state index is 13.9. The van der Waals surface area contributed by atoms with Crippen LogP contribution in [0.5, 0.6) is 0 Å². The molecule has 0 atom stereocenters. The Morgan fingerprint density at radius 2 is 1.91 bits per heavy atom. The van der Waals surface area contributed by atoms with Gasteiger partial charge in [0, 0.05) is 12.8 Å². The Kier molecular flexibility index (Phi) is 6.04. The van der Waals surface area contributed by atoms with E-state index in [4.69, 9.17) is 10.5 Å². The number of nitrogen functional groups attached to an aromatic ring is 1. The summed E-state index contributed by atoms with van der Waals surface area (Å²) < 4.78 is 20.9. The quantitative estimate of drug-likeness (QED) is 0.398. The van der Waals surface area contributed by atoms with Gasteiger partial charge < -0.3 is 21.1 Å². The monoisotopic (exact) mass is 433 g/mol. The van der Waals surface area contributed by atoms with Gasteiger partial charge in [0.2, 0.25) is 0 Å². The van der Waals surface area contributed by atoms with Crippen LogP contribution in [0.2, 0.25) is 0 Å². The number of ether oxygens (including phenoxy) is 1. The molecule has 1 heterocycles. The largest absolute Gasteiger partial charge is 0.383 e. The van der Waals surface area contributed by atoms with Crippen LogP contribution in [-0.2, 0) is 11.3 Å². The molecule has 3 aromatic carbocycles. The van der Waals surface area contributed by atoms with E-state index in [0.29, 0.717) is 24.7 Å². The maximum atomic E-state index is 13.9. The molecule has 0 unspecified atom stereocenters. The minimum atomic E-state index is -0.520. The van der Waals surface area contributed by atoms with Crippen molar-refractivity contribution < 1.29 is 13.9 Å². The number of hydrogen-bond donors (Lipinski definition) is 3. The zero-order chi connectivity index (χ0) is 22.7. The number of rotatable bonds is 6. The number of amides is 2. The molecule has 0 aliphatic carbocycles. The average Bonchev–Trinajstić information content (AvgIpc) is 3.11. The Bertz CT molecular complexity index is 1270. The van der Waals surface area contributed by atoms with Crippen LogP contribution in [0.4, 0.5) is 26.4 Å². The van der Waals surface area contributed by atoms with E-state index in [1.54, 1.807) is 31.4 Å². The Hall–Kier alpha value is -3.91. The first kappa shape index (κ1) is 21.3. The summed E-state index contributed by atoms with van der Waals surface area (Å²) in [6, 6.07) is 17.3. The third-order valence-electron chi connectivity index (χ3n) is 5.14. The molecule has 4 rings (SSSR count). The number of anilines is 3. The van der Waals surface area contributed by atoms with Gasteiger partial charge in [0.05, 0.1) is 29.7 Å². The Morgan fingerprint density at radius 1 is 1.12 bits per heavy atom. The lowest BCUT2D eigenvalue weighted by Gasteiger charge is -2.10. The van der Waals surface area contributed by atoms with E-state index in [-0.39, 0.29) is 5.69 Å². The van der Waals surface area contributed by atoms with Gasteiger partial charge in [-0.1, -0.05) is 30.3 Å². The first-order valence-corrected chi connectivity index (χ1v) is 10.1. The molecule has 2 amide bonds. The molecule has 32 heavy (non-hydrogen) atoms. The van der Waals surface area contributed by atoms with Gasteiger partial charge in [-0.25, -0.2) is 9.18 Å². The normalized spacial score (nSPS) is 11.0. The van der Waals surface area contributed by atoms with E-state index in [0.717, 1.165) is 27.6 Å². The number of benzene rings is 3. The second kappa shape index (κ2) is 9.07. The highest BCUT2D eigenvalue weighted by molar-refractivity contribution is 6.03. The number of urea groups is 1. The summed E-state index contributed by atoms with van der Waals surface area (Å²) in [4.78, 5) is 12.3. The van der Waals surface area contributed by atoms with Crippen LogP contribution < -0.4 is 16.4 Å². The van der Waals surface area contributed by atoms with Gasteiger partial charge in [-0.15, -0.1) is 0 Å². The highest BCUT2D eigenvalue weighted by Crippen LogP contribution is 2.33. The number of methoxy groups -OCH3 is 1. The van der Waals surface area contributed by atoms with Crippen molar-refractivity contribution in [3.05, 3.63) is 72.0 Å². The van der Waals surface area contributed by atoms with E-state index < -0.39 is 11.8 Å². The molecule has 0 aliphatic rings. The van der Waals surface area contributed by atoms with Gasteiger partial charge in [0.15, 0.2) is 5.82 Å². The molecule has 4 aromatic rings. The van der Waals surface area contributed by atoms with Gasteiger partial charge in [0.25, 0.3) is 0 Å². The zero-order valence-electron chi connectivity index (χ0n) is 17.9. The van der Waals surface area contributed by atoms with Crippen molar-refractivity contribution in [3.8, 4) is 11.1 Å². The Morgan fingerprint density at radius 3 is 2.66 bits per heavy atom. The van der Waals surface area contributed by atoms with Gasteiger partial charge >= 0.3 is 6.03 Å². The van der Waals surface area contributed by atoms with Crippen LogP contribution in [-0.4, -0.2) is 29.5 Å². The maximum Gasteiger partial charge on any atom is 0.323 e. The van der Waals surface area contributed by atoms with Crippen molar-refractivity contribution in [2.24, 2.45) is 0 Å². The number of halogens is 1. The van der Waals surface area contributed by atoms with Crippen LogP contribution in [0.3, 0.4) is 0 Å². The first-order chi connectivity index (χ1) is 15.5. The fourth-order valence-electron chi connectivity index (χ4n) is 3.60. The minimum Gasteiger partial charge on any atom is -0.383 e. The second-order valence-electron chi connectivity index (χ2n) is 7.44. The van der Waals surface area contributed by atoms with Gasteiger partial charge in [-0.2, -0.15) is 5.10 Å². The van der Waals surface area contributed by atoms with Crippen LogP contribution in [0.15, 0.2) is 60.7 Å². The smallest absolute Gasteiger partial charge is 0.323 e. The molecule has 8 heteroatoms. The lowest BCUT2D eigenvalue weighted by Crippen LogP contribution is -2.20. The SMILES string of the molecule is COCCn1nc(N)c2c(-c3ccc(NC(=O)Nc4cc(C)ccc4F)cc3)cccc21. The molecule has 0 spiro atoms. The number of nitrogens with zero attached hydrogens (tertiary/aromatic N) is 2. The van der Waals surface area contributed by atoms with Crippen molar-refractivity contribution >= 4 is 34.1 Å². The number of aryl methyl sites for hydroxylation is 1. The number of aromatic nitrogens is 2. The van der Waals surface area contributed by atoms with Crippen molar-refractivity contribution in [1.82, 2.24) is 9.78 Å². The van der Waals surface area contributed by atoms with E-state index in [1.807, 2.05) is 41.9 Å². The summed E-state index contributed by atoms with van der Waals surface area (Å²) in [6.07, 6.45) is 0. The minimum absolute atomic E-state index is 0.131. The van der Waals surface area contributed by atoms with Crippen molar-refractivity contribution in [3.63, 3.8) is 0 Å². The van der Waals surface area contributed by atoms with Crippen LogP contribution in [0.25, 0.3) is 22.0 Å². The number of carbonyl (C=O) groups excluding carboxylic acids is 1. The van der Waals surface area contributed by atoms with Crippen LogP contribution in [0, 0.1) is 12.7 Å². The molecule has 7 nitrogen and oxygen atoms in total. The zero-order valence-corrected chi connectivity index (χ0v) is 17.9. The topological polar surface area (TPSA) is 94.2 Å². The summed E-state index contributed by atoms with van der Waals surface area (Å²) in [5.41, 5.74) is 10.6. The van der Waals surface area contributed by atoms with Crippen molar-refractivity contribution in [2.45, 2.75) is 13.5 Å². The van der Waals surface area contributed by atoms with E-state index in [1.165, 1.54) is 6.07 Å². The predicted molar refractivity (Wildman–Crippen MR) is 125 cm³/mol. The Balaban J connectivity index is 1.54. The third kappa shape index (κ3) is 4.40. The fraction of sp³-hybridized carbons (Fsp3) is 0.167. The average molecular weight is 433 g/mol. The van der Waals surface area contributed by atoms with Gasteiger partial charge in [0.1, 0.15) is 5.82 Å². The molecule has 0 saturated heterocycles. The highest BCUT2D eigenvalue weighted by Gasteiger charge is 2.14. The number of fused-ring (bicyclic) bond motifs is 1. The van der Waals surface area contributed by atoms with E-state index in [2.05, 4.69) is 15.7 Å². The number of hydrogen-bond acceptors (Lipinski definition) is 4. The fourth-order valence-corrected chi connectivity index (χ4v) is 3.60. The summed E-state index contributed by atoms with van der Waals surface area (Å²) in [6.45, 7) is 2.97. The third-order valence-corrected chi connectivity index (χ3v) is 5.14. The molecule has 0 bridgehead atoms. The molecule has 4 N–H and O–H groups in total. The molecule has 164 valence electrons. The highest BCUT2D eigenvalue weighted by atomic mass is 19.1. The summed E-state index contributed by atoms with van der Waals surface area (Å²) >= 11 is 0. The van der Waals surface area contributed by atoms with E-state index in [9.17, 15) is 9.18 Å². The number of carbonyl (C=O) groups is 1. The molecule has 0 fully saturated rings. The molecular weight excluding hydrogens is 409 g/mol. The summed E-state index contributed by atoms with van der Waals surface area (Å²) in [5, 5.41) is 10.6. The summed E-state index contributed by atoms with van der Waals surface area (Å²) in [5.74, 6) is -0.0358. The van der Waals surface area contributed by atoms with Crippen molar-refractivity contribution in [2.75, 3.05) is 30.1 Å². The molecule has 0 saturated carbocycles. The predicted octanol–water partition coefficient (Wildman–Crippen LogP) is 5.02. The Labute approximate surface area is 185 Å². The number of nitrogens with one attached hydrogen (secondary N) is 2. The lowest BCUT2D eigenvalue weighted by molar-refractivity contribution is 0.185. The van der Waals surface area contributed by atoms with Gasteiger partial charge in [-0.3, -0.25) is 4.68 Å². The first-order valence-electron chi connectivity index (χ1n) is 10.1. The lowest BCUT2D eigenvalue weighted by atomic mass is 10.0. The standard InChI is InChI=1S/C24H24FN5O2/c1-15-6-11-19(25)20(14-15)28-24(31)27-17-9-7-16(8-10-17)18-4-3-5-21-22(18)23(26)29-30(21)12-13-32-2/h3-11,14H,12-13H2,1-2H3,(H2,26,29)(H2,27,28,31). The van der Waals surface area contributed by atoms with E-state index >= 15 is 0 Å². The van der Waals surface area contributed by atoms with Crippen molar-refractivity contribution in [1.29, 1.82) is 0 Å². The summed E-state index contributed by atoms with van der Waals surface area (Å²) in [7, 11) is 1.65.